The fourth-order valence-electron chi connectivity index (χ4n) is 1.77. The van der Waals surface area contributed by atoms with Gasteiger partial charge in [0.2, 0.25) is 0 Å². The van der Waals surface area contributed by atoms with Gasteiger partial charge in [-0.2, -0.15) is 5.26 Å². The molecule has 0 bridgehead atoms. The number of rotatable bonds is 4. The number of nitrogens with zero attached hydrogens (tertiary/aromatic N) is 2. The first kappa shape index (κ1) is 14.6. The van der Waals surface area contributed by atoms with E-state index in [2.05, 4.69) is 5.32 Å². The highest BCUT2D eigenvalue weighted by atomic mass is 35.5. The van der Waals surface area contributed by atoms with E-state index in [0.717, 1.165) is 0 Å². The Balaban J connectivity index is 2.42. The summed E-state index contributed by atoms with van der Waals surface area (Å²) >= 11 is 5.93. The van der Waals surface area contributed by atoms with Crippen LogP contribution in [-0.2, 0) is 0 Å². The zero-order chi connectivity index (χ0) is 15.4. The van der Waals surface area contributed by atoms with Crippen LogP contribution in [0.4, 0.5) is 17.1 Å². The van der Waals surface area contributed by atoms with Gasteiger partial charge in [-0.3, -0.25) is 10.1 Å². The Labute approximate surface area is 125 Å². The predicted octanol–water partition coefficient (Wildman–Crippen LogP) is 3.87. The Morgan fingerprint density at radius 1 is 1.29 bits per heavy atom. The first-order valence-corrected chi connectivity index (χ1v) is 6.22. The van der Waals surface area contributed by atoms with Crippen molar-refractivity contribution in [3.05, 3.63) is 57.1 Å². The Bertz CT molecular complexity index is 741. The van der Waals surface area contributed by atoms with Gasteiger partial charge < -0.3 is 10.1 Å². The molecule has 0 aromatic heterocycles. The van der Waals surface area contributed by atoms with Crippen LogP contribution in [0.5, 0.6) is 5.75 Å². The normalized spacial score (nSPS) is 9.76. The Kier molecular flexibility index (Phi) is 4.26. The maximum absolute atomic E-state index is 10.7. The molecule has 0 saturated heterocycles. The molecule has 7 heteroatoms. The lowest BCUT2D eigenvalue weighted by molar-refractivity contribution is -0.384. The van der Waals surface area contributed by atoms with Gasteiger partial charge in [-0.1, -0.05) is 11.6 Å². The van der Waals surface area contributed by atoms with Gasteiger partial charge in [-0.15, -0.1) is 0 Å². The lowest BCUT2D eigenvalue weighted by Gasteiger charge is -2.12. The third-order valence-corrected chi connectivity index (χ3v) is 3.00. The number of ether oxygens (including phenoxy) is 1. The van der Waals surface area contributed by atoms with Crippen LogP contribution in [0.1, 0.15) is 5.56 Å². The summed E-state index contributed by atoms with van der Waals surface area (Å²) in [5, 5.41) is 23.3. The molecular weight excluding hydrogens is 294 g/mol. The summed E-state index contributed by atoms with van der Waals surface area (Å²) < 4.78 is 5.20. The highest BCUT2D eigenvalue weighted by Crippen LogP contribution is 2.32. The number of hydrogen-bond acceptors (Lipinski definition) is 5. The van der Waals surface area contributed by atoms with E-state index in [4.69, 9.17) is 21.6 Å². The Morgan fingerprint density at radius 2 is 2.05 bits per heavy atom. The number of nitro groups is 1. The number of non-ortho nitro benzene ring substituents is 1. The summed E-state index contributed by atoms with van der Waals surface area (Å²) in [6.07, 6.45) is 0. The minimum absolute atomic E-state index is 0.143. The van der Waals surface area contributed by atoms with Crippen molar-refractivity contribution in [1.82, 2.24) is 0 Å². The van der Waals surface area contributed by atoms with Crippen LogP contribution in [0.15, 0.2) is 36.4 Å². The van der Waals surface area contributed by atoms with Crippen molar-refractivity contribution in [1.29, 1.82) is 5.26 Å². The van der Waals surface area contributed by atoms with Crippen molar-refractivity contribution < 1.29 is 9.66 Å². The molecule has 0 heterocycles. The molecule has 2 aromatic rings. The van der Waals surface area contributed by atoms with Crippen molar-refractivity contribution in [2.24, 2.45) is 0 Å². The number of benzene rings is 2. The van der Waals surface area contributed by atoms with Crippen LogP contribution < -0.4 is 10.1 Å². The SMILES string of the molecule is COc1ccc(Cl)cc1Nc1ccc([N+](=O)[O-])cc1C#N. The molecular formula is C14H10ClN3O3. The van der Waals surface area contributed by atoms with Crippen LogP contribution >= 0.6 is 11.6 Å². The van der Waals surface area contributed by atoms with E-state index >= 15 is 0 Å². The van der Waals surface area contributed by atoms with E-state index in [0.29, 0.717) is 22.1 Å². The Morgan fingerprint density at radius 3 is 2.67 bits per heavy atom. The first-order valence-electron chi connectivity index (χ1n) is 5.84. The lowest BCUT2D eigenvalue weighted by atomic mass is 10.1. The highest BCUT2D eigenvalue weighted by molar-refractivity contribution is 6.31. The number of halogens is 1. The molecule has 21 heavy (non-hydrogen) atoms. The van der Waals surface area contributed by atoms with Crippen LogP contribution in [0.3, 0.4) is 0 Å². The van der Waals surface area contributed by atoms with Gasteiger partial charge >= 0.3 is 0 Å². The smallest absolute Gasteiger partial charge is 0.270 e. The number of hydrogen-bond donors (Lipinski definition) is 1. The maximum atomic E-state index is 10.7. The molecule has 1 N–H and O–H groups in total. The summed E-state index contributed by atoms with van der Waals surface area (Å²) in [6, 6.07) is 10.9. The van der Waals surface area contributed by atoms with Gasteiger partial charge in [0.25, 0.3) is 5.69 Å². The average molecular weight is 304 g/mol. The fourth-order valence-corrected chi connectivity index (χ4v) is 1.94. The van der Waals surface area contributed by atoms with E-state index in [1.165, 1.54) is 25.3 Å². The molecule has 0 aliphatic heterocycles. The van der Waals surface area contributed by atoms with Crippen LogP contribution in [0, 0.1) is 21.4 Å². The zero-order valence-corrected chi connectivity index (χ0v) is 11.7. The van der Waals surface area contributed by atoms with E-state index < -0.39 is 4.92 Å². The molecule has 0 aliphatic rings. The molecule has 0 saturated carbocycles. The van der Waals surface area contributed by atoms with Crippen LogP contribution in [0.2, 0.25) is 5.02 Å². The fraction of sp³-hybridized carbons (Fsp3) is 0.0714. The molecule has 0 unspecified atom stereocenters. The number of nitriles is 1. The van der Waals surface area contributed by atoms with E-state index in [1.807, 2.05) is 6.07 Å². The molecule has 2 rings (SSSR count). The number of methoxy groups -OCH3 is 1. The zero-order valence-electron chi connectivity index (χ0n) is 11.0. The van der Waals surface area contributed by atoms with E-state index in [-0.39, 0.29) is 11.3 Å². The van der Waals surface area contributed by atoms with E-state index in [9.17, 15) is 10.1 Å². The lowest BCUT2D eigenvalue weighted by Crippen LogP contribution is -1.98. The quantitative estimate of drug-likeness (QED) is 0.684. The molecule has 0 fully saturated rings. The number of nitrogens with one attached hydrogen (secondary N) is 1. The van der Waals surface area contributed by atoms with Gasteiger partial charge in [0, 0.05) is 17.2 Å². The van der Waals surface area contributed by atoms with Gasteiger partial charge in [-0.05, 0) is 24.3 Å². The summed E-state index contributed by atoms with van der Waals surface area (Å²) in [4.78, 5) is 10.2. The highest BCUT2D eigenvalue weighted by Gasteiger charge is 2.12. The summed E-state index contributed by atoms with van der Waals surface area (Å²) in [7, 11) is 1.51. The van der Waals surface area contributed by atoms with Crippen molar-refractivity contribution >= 4 is 28.7 Å². The average Bonchev–Trinajstić information content (AvgIpc) is 2.47. The monoisotopic (exact) mass is 303 g/mol. The van der Waals surface area contributed by atoms with Crippen molar-refractivity contribution in [2.75, 3.05) is 12.4 Å². The maximum Gasteiger partial charge on any atom is 0.270 e. The molecule has 0 atom stereocenters. The van der Waals surface area contributed by atoms with Crippen LogP contribution in [-0.4, -0.2) is 12.0 Å². The summed E-state index contributed by atoms with van der Waals surface area (Å²) in [5.74, 6) is 0.543. The van der Waals surface area contributed by atoms with Crippen molar-refractivity contribution in [3.8, 4) is 11.8 Å². The first-order chi connectivity index (χ1) is 10.0. The standard InChI is InChI=1S/C14H10ClN3O3/c1-21-14-5-2-10(15)7-13(14)17-12-4-3-11(18(19)20)6-9(12)8-16/h2-7,17H,1H3. The minimum atomic E-state index is -0.551. The minimum Gasteiger partial charge on any atom is -0.495 e. The third kappa shape index (κ3) is 3.22. The van der Waals surface area contributed by atoms with Crippen molar-refractivity contribution in [2.45, 2.75) is 0 Å². The van der Waals surface area contributed by atoms with Gasteiger partial charge in [0.15, 0.2) is 0 Å². The molecule has 0 spiro atoms. The van der Waals surface area contributed by atoms with Gasteiger partial charge in [0.1, 0.15) is 11.8 Å². The predicted molar refractivity (Wildman–Crippen MR) is 79.1 cm³/mol. The molecule has 2 aromatic carbocycles. The topological polar surface area (TPSA) is 88.2 Å². The second kappa shape index (κ2) is 6.11. The van der Waals surface area contributed by atoms with Crippen molar-refractivity contribution in [3.63, 3.8) is 0 Å². The molecule has 0 amide bonds. The summed E-state index contributed by atoms with van der Waals surface area (Å²) in [5.41, 5.74) is 1.01. The second-order valence-electron chi connectivity index (χ2n) is 4.07. The second-order valence-corrected chi connectivity index (χ2v) is 4.50. The number of nitro benzene ring substituents is 1. The third-order valence-electron chi connectivity index (χ3n) is 2.77. The van der Waals surface area contributed by atoms with E-state index in [1.54, 1.807) is 18.2 Å². The Hall–Kier alpha value is -2.78. The van der Waals surface area contributed by atoms with Gasteiger partial charge in [0.05, 0.1) is 29.0 Å². The largest absolute Gasteiger partial charge is 0.495 e. The number of anilines is 2. The summed E-state index contributed by atoms with van der Waals surface area (Å²) in [6.45, 7) is 0. The molecule has 106 valence electrons. The molecule has 6 nitrogen and oxygen atoms in total. The molecule has 0 radical (unpaired) electrons. The van der Waals surface area contributed by atoms with Crippen LogP contribution in [0.25, 0.3) is 0 Å². The van der Waals surface area contributed by atoms with Gasteiger partial charge in [-0.25, -0.2) is 0 Å². The molecule has 0 aliphatic carbocycles.